The maximum absolute atomic E-state index is 11.9. The summed E-state index contributed by atoms with van der Waals surface area (Å²) in [5.41, 5.74) is 2.47. The first-order chi connectivity index (χ1) is 9.13. The third kappa shape index (κ3) is 2.10. The Bertz CT molecular complexity index is 507. The number of amides is 1. The molecule has 0 radical (unpaired) electrons. The van der Waals surface area contributed by atoms with Gasteiger partial charge < -0.3 is 15.0 Å². The van der Waals surface area contributed by atoms with E-state index >= 15 is 0 Å². The van der Waals surface area contributed by atoms with E-state index in [0.29, 0.717) is 0 Å². The van der Waals surface area contributed by atoms with Gasteiger partial charge in [-0.05, 0) is 43.1 Å². The number of carbonyl (C=O) groups is 1. The Kier molecular flexibility index (Phi) is 2.97. The summed E-state index contributed by atoms with van der Waals surface area (Å²) in [5, 5.41) is 3.43. The average Bonchev–Trinajstić information content (AvgIpc) is 2.84. The maximum atomic E-state index is 11.9. The first kappa shape index (κ1) is 12.5. The minimum absolute atomic E-state index is 0.123. The second-order valence-corrected chi connectivity index (χ2v) is 5.70. The fourth-order valence-electron chi connectivity index (χ4n) is 3.34. The van der Waals surface area contributed by atoms with Gasteiger partial charge in [0.15, 0.2) is 0 Å². The molecule has 2 aliphatic heterocycles. The zero-order valence-electron chi connectivity index (χ0n) is 11.5. The van der Waals surface area contributed by atoms with Gasteiger partial charge in [-0.3, -0.25) is 4.79 Å². The van der Waals surface area contributed by atoms with E-state index in [4.69, 9.17) is 4.74 Å². The topological polar surface area (TPSA) is 41.6 Å². The van der Waals surface area contributed by atoms with Gasteiger partial charge in [0.2, 0.25) is 5.91 Å². The van der Waals surface area contributed by atoms with Crippen molar-refractivity contribution in [3.8, 4) is 5.75 Å². The molecule has 0 aliphatic carbocycles. The first-order valence-electron chi connectivity index (χ1n) is 6.79. The van der Waals surface area contributed by atoms with Crippen LogP contribution in [-0.4, -0.2) is 32.7 Å². The molecule has 4 nitrogen and oxygen atoms in total. The number of benzene rings is 1. The van der Waals surface area contributed by atoms with Crippen LogP contribution in [-0.2, 0) is 11.2 Å². The molecule has 2 aliphatic rings. The number of ether oxygens (including phenoxy) is 1. The van der Waals surface area contributed by atoms with Crippen LogP contribution in [0.25, 0.3) is 0 Å². The monoisotopic (exact) mass is 260 g/mol. The van der Waals surface area contributed by atoms with Crippen molar-refractivity contribution in [1.29, 1.82) is 0 Å². The summed E-state index contributed by atoms with van der Waals surface area (Å²) in [6, 6.07) is 6.01. The number of nitrogens with zero attached hydrogens (tertiary/aromatic N) is 1. The lowest BCUT2D eigenvalue weighted by atomic mass is 9.77. The van der Waals surface area contributed by atoms with Gasteiger partial charge in [-0.1, -0.05) is 0 Å². The van der Waals surface area contributed by atoms with Gasteiger partial charge in [-0.25, -0.2) is 0 Å². The second-order valence-electron chi connectivity index (χ2n) is 5.70. The van der Waals surface area contributed by atoms with Crippen molar-refractivity contribution in [1.82, 2.24) is 5.32 Å². The number of fused-ring (bicyclic) bond motifs is 1. The Hall–Kier alpha value is -1.55. The fourth-order valence-corrected chi connectivity index (χ4v) is 3.34. The zero-order valence-corrected chi connectivity index (χ0v) is 11.5. The molecule has 1 N–H and O–H groups in total. The van der Waals surface area contributed by atoms with Gasteiger partial charge in [0.1, 0.15) is 5.75 Å². The number of methoxy groups -OCH3 is 1. The molecular weight excluding hydrogens is 240 g/mol. The van der Waals surface area contributed by atoms with Crippen LogP contribution in [0.4, 0.5) is 5.69 Å². The van der Waals surface area contributed by atoms with Crippen molar-refractivity contribution < 1.29 is 9.53 Å². The molecule has 0 saturated carbocycles. The quantitative estimate of drug-likeness (QED) is 0.833. The number of anilines is 1. The van der Waals surface area contributed by atoms with Crippen molar-refractivity contribution in [3.05, 3.63) is 23.8 Å². The highest BCUT2D eigenvalue weighted by atomic mass is 16.5. The molecule has 1 saturated heterocycles. The summed E-state index contributed by atoms with van der Waals surface area (Å²) in [6.45, 7) is 4.52. The van der Waals surface area contributed by atoms with E-state index in [9.17, 15) is 4.79 Å². The largest absolute Gasteiger partial charge is 0.497 e. The summed E-state index contributed by atoms with van der Waals surface area (Å²) in [5.74, 6) is 0.989. The molecule has 1 spiro atoms. The van der Waals surface area contributed by atoms with Crippen molar-refractivity contribution >= 4 is 11.6 Å². The van der Waals surface area contributed by atoms with E-state index in [0.717, 1.165) is 43.9 Å². The lowest BCUT2D eigenvalue weighted by Crippen LogP contribution is -2.47. The van der Waals surface area contributed by atoms with E-state index in [2.05, 4.69) is 11.4 Å². The number of nitrogens with one attached hydrogen (secondary N) is 1. The predicted octanol–water partition coefficient (Wildman–Crippen LogP) is 1.58. The minimum Gasteiger partial charge on any atom is -0.497 e. The molecule has 4 heteroatoms. The van der Waals surface area contributed by atoms with Crippen molar-refractivity contribution in [3.63, 3.8) is 0 Å². The number of hydrogen-bond acceptors (Lipinski definition) is 3. The van der Waals surface area contributed by atoms with Gasteiger partial charge >= 0.3 is 0 Å². The molecule has 19 heavy (non-hydrogen) atoms. The molecule has 0 aromatic heterocycles. The van der Waals surface area contributed by atoms with E-state index in [1.165, 1.54) is 5.56 Å². The molecule has 102 valence electrons. The van der Waals surface area contributed by atoms with Gasteiger partial charge in [-0.15, -0.1) is 0 Å². The Balaban J connectivity index is 2.03. The molecule has 1 aromatic carbocycles. The third-order valence-corrected chi connectivity index (χ3v) is 4.35. The first-order valence-corrected chi connectivity index (χ1v) is 6.79. The highest BCUT2D eigenvalue weighted by Gasteiger charge is 2.41. The Morgan fingerprint density at radius 2 is 2.32 bits per heavy atom. The summed E-state index contributed by atoms with van der Waals surface area (Å²) < 4.78 is 5.31. The third-order valence-electron chi connectivity index (χ3n) is 4.35. The van der Waals surface area contributed by atoms with Gasteiger partial charge in [-0.2, -0.15) is 0 Å². The fraction of sp³-hybridized carbons (Fsp3) is 0.533. The predicted molar refractivity (Wildman–Crippen MR) is 74.6 cm³/mol. The van der Waals surface area contributed by atoms with Gasteiger partial charge in [0, 0.05) is 31.1 Å². The molecule has 1 atom stereocenters. The standard InChI is InChI=1S/C15H20N2O2/c1-11(18)17-10-15(5-6-16-9-15)8-12-7-13(19-2)3-4-14(12)17/h3-4,7,16H,5-6,8-10H2,1-2H3. The number of hydrogen-bond donors (Lipinski definition) is 1. The van der Waals surface area contributed by atoms with Crippen molar-refractivity contribution in [2.24, 2.45) is 5.41 Å². The second kappa shape index (κ2) is 4.53. The summed E-state index contributed by atoms with van der Waals surface area (Å²) in [6.07, 6.45) is 2.16. The molecule has 1 fully saturated rings. The van der Waals surface area contributed by atoms with Crippen LogP contribution < -0.4 is 15.0 Å². The maximum Gasteiger partial charge on any atom is 0.223 e. The SMILES string of the molecule is COc1ccc2c(c1)CC1(CCNC1)CN2C(C)=O. The molecule has 0 bridgehead atoms. The molecule has 3 rings (SSSR count). The molecule has 1 amide bonds. The van der Waals surface area contributed by atoms with E-state index in [-0.39, 0.29) is 11.3 Å². The zero-order chi connectivity index (χ0) is 13.5. The number of rotatable bonds is 1. The van der Waals surface area contributed by atoms with Crippen molar-refractivity contribution in [2.75, 3.05) is 31.6 Å². The molecule has 1 aromatic rings. The van der Waals surface area contributed by atoms with E-state index < -0.39 is 0 Å². The summed E-state index contributed by atoms with van der Waals surface area (Å²) >= 11 is 0. The molecular formula is C15H20N2O2. The van der Waals surface area contributed by atoms with Crippen LogP contribution in [0.15, 0.2) is 18.2 Å². The molecule has 1 unspecified atom stereocenters. The van der Waals surface area contributed by atoms with Gasteiger partial charge in [0.25, 0.3) is 0 Å². The minimum atomic E-state index is 0.123. The highest BCUT2D eigenvalue weighted by Crippen LogP contribution is 2.41. The normalized spacial score (nSPS) is 25.5. The number of carbonyl (C=O) groups excluding carboxylic acids is 1. The average molecular weight is 260 g/mol. The highest BCUT2D eigenvalue weighted by molar-refractivity contribution is 5.93. The van der Waals surface area contributed by atoms with Crippen LogP contribution in [0.5, 0.6) is 5.75 Å². The van der Waals surface area contributed by atoms with Crippen LogP contribution in [0, 0.1) is 5.41 Å². The smallest absolute Gasteiger partial charge is 0.223 e. The summed E-state index contributed by atoms with van der Waals surface area (Å²) in [7, 11) is 1.68. The van der Waals surface area contributed by atoms with Crippen LogP contribution in [0.3, 0.4) is 0 Å². The van der Waals surface area contributed by atoms with E-state index in [1.807, 2.05) is 17.0 Å². The van der Waals surface area contributed by atoms with Gasteiger partial charge in [0.05, 0.1) is 7.11 Å². The van der Waals surface area contributed by atoms with E-state index in [1.54, 1.807) is 14.0 Å². The lowest BCUT2D eigenvalue weighted by molar-refractivity contribution is -0.117. The van der Waals surface area contributed by atoms with Crippen LogP contribution in [0.1, 0.15) is 18.9 Å². The summed E-state index contributed by atoms with van der Waals surface area (Å²) in [4.78, 5) is 13.9. The van der Waals surface area contributed by atoms with Crippen LogP contribution in [0.2, 0.25) is 0 Å². The van der Waals surface area contributed by atoms with Crippen LogP contribution >= 0.6 is 0 Å². The van der Waals surface area contributed by atoms with Crippen molar-refractivity contribution in [2.45, 2.75) is 19.8 Å². The Morgan fingerprint density at radius 3 is 2.95 bits per heavy atom. The Morgan fingerprint density at radius 1 is 1.47 bits per heavy atom. The lowest BCUT2D eigenvalue weighted by Gasteiger charge is -2.41. The Labute approximate surface area is 113 Å². The molecule has 2 heterocycles.